The standard InChI is InChI=1S/C23H40N4O4S/c1-8-26(9-2)18(7)16-24-23(29)21(17(5)6)25-22(28)19-13-12-14-20(15-19)32(30,31)27(10-3)11-4/h12-15,17-18,21H,8-11,16H2,1-7H3,(H,24,29)(H,25,28). The maximum atomic E-state index is 12.9. The van der Waals surface area contributed by atoms with Crippen LogP contribution in [0.3, 0.4) is 0 Å². The third kappa shape index (κ3) is 7.28. The van der Waals surface area contributed by atoms with Crippen LogP contribution < -0.4 is 10.6 Å². The van der Waals surface area contributed by atoms with Crippen molar-refractivity contribution in [1.29, 1.82) is 0 Å². The van der Waals surface area contributed by atoms with Gasteiger partial charge in [-0.3, -0.25) is 14.5 Å². The summed E-state index contributed by atoms with van der Waals surface area (Å²) in [5.74, 6) is -0.864. The van der Waals surface area contributed by atoms with Crippen molar-refractivity contribution < 1.29 is 18.0 Å². The van der Waals surface area contributed by atoms with Crippen molar-refractivity contribution in [3.05, 3.63) is 29.8 Å². The van der Waals surface area contributed by atoms with Gasteiger partial charge in [0.15, 0.2) is 0 Å². The van der Waals surface area contributed by atoms with Crippen LogP contribution in [0, 0.1) is 5.92 Å². The molecule has 0 fully saturated rings. The van der Waals surface area contributed by atoms with Crippen molar-refractivity contribution in [2.75, 3.05) is 32.7 Å². The Morgan fingerprint density at radius 3 is 2.06 bits per heavy atom. The Hall–Kier alpha value is -1.97. The largest absolute Gasteiger partial charge is 0.353 e. The molecule has 0 aliphatic carbocycles. The minimum absolute atomic E-state index is 0.0624. The van der Waals surface area contributed by atoms with Gasteiger partial charge in [0.2, 0.25) is 15.9 Å². The summed E-state index contributed by atoms with van der Waals surface area (Å²) in [5.41, 5.74) is 0.202. The van der Waals surface area contributed by atoms with Crippen LogP contribution in [0.15, 0.2) is 29.2 Å². The monoisotopic (exact) mass is 468 g/mol. The van der Waals surface area contributed by atoms with E-state index in [-0.39, 0.29) is 28.3 Å². The van der Waals surface area contributed by atoms with E-state index in [2.05, 4.69) is 36.3 Å². The van der Waals surface area contributed by atoms with Crippen molar-refractivity contribution in [3.8, 4) is 0 Å². The van der Waals surface area contributed by atoms with Crippen LogP contribution in [0.4, 0.5) is 0 Å². The van der Waals surface area contributed by atoms with Gasteiger partial charge in [0.05, 0.1) is 4.90 Å². The molecular formula is C23H40N4O4S. The Labute approximate surface area is 193 Å². The predicted octanol–water partition coefficient (Wildman–Crippen LogP) is 2.32. The second kappa shape index (κ2) is 12.9. The first-order valence-electron chi connectivity index (χ1n) is 11.5. The maximum absolute atomic E-state index is 12.9. The fraction of sp³-hybridized carbons (Fsp3) is 0.652. The van der Waals surface area contributed by atoms with Crippen LogP contribution in [0.2, 0.25) is 0 Å². The summed E-state index contributed by atoms with van der Waals surface area (Å²) in [6.07, 6.45) is 0. The molecule has 0 bridgehead atoms. The fourth-order valence-electron chi connectivity index (χ4n) is 3.60. The van der Waals surface area contributed by atoms with E-state index in [1.54, 1.807) is 26.0 Å². The zero-order chi connectivity index (χ0) is 24.5. The van der Waals surface area contributed by atoms with Crippen LogP contribution in [0.5, 0.6) is 0 Å². The molecule has 0 saturated carbocycles. The van der Waals surface area contributed by atoms with Crippen molar-refractivity contribution in [2.45, 2.75) is 65.4 Å². The van der Waals surface area contributed by atoms with E-state index in [1.807, 2.05) is 13.8 Å². The zero-order valence-corrected chi connectivity index (χ0v) is 21.3. The van der Waals surface area contributed by atoms with Crippen molar-refractivity contribution in [2.24, 2.45) is 5.92 Å². The lowest BCUT2D eigenvalue weighted by atomic mass is 10.0. The Kier molecular flexibility index (Phi) is 11.3. The molecule has 0 spiro atoms. The third-order valence-corrected chi connectivity index (χ3v) is 7.73. The number of benzene rings is 1. The number of hydrogen-bond acceptors (Lipinski definition) is 5. The molecule has 0 aliphatic heterocycles. The Morgan fingerprint density at radius 2 is 1.56 bits per heavy atom. The number of nitrogens with zero attached hydrogens (tertiary/aromatic N) is 2. The first kappa shape index (κ1) is 28.1. The molecule has 8 nitrogen and oxygen atoms in total. The predicted molar refractivity (Wildman–Crippen MR) is 128 cm³/mol. The number of sulfonamides is 1. The lowest BCUT2D eigenvalue weighted by Gasteiger charge is -2.28. The summed E-state index contributed by atoms with van der Waals surface area (Å²) in [6.45, 7) is 16.4. The summed E-state index contributed by atoms with van der Waals surface area (Å²) in [7, 11) is -3.68. The maximum Gasteiger partial charge on any atom is 0.251 e. The van der Waals surface area contributed by atoms with Gasteiger partial charge in [-0.15, -0.1) is 0 Å². The fourth-order valence-corrected chi connectivity index (χ4v) is 5.11. The normalized spacial score (nSPS) is 13.9. The van der Waals surface area contributed by atoms with Crippen LogP contribution in [-0.2, 0) is 14.8 Å². The second-order valence-corrected chi connectivity index (χ2v) is 10.1. The molecule has 182 valence electrons. The highest BCUT2D eigenvalue weighted by Crippen LogP contribution is 2.17. The van der Waals surface area contributed by atoms with Gasteiger partial charge in [-0.05, 0) is 44.1 Å². The molecule has 2 atom stereocenters. The number of amides is 2. The van der Waals surface area contributed by atoms with Crippen LogP contribution >= 0.6 is 0 Å². The van der Waals surface area contributed by atoms with E-state index in [4.69, 9.17) is 0 Å². The Morgan fingerprint density at radius 1 is 0.969 bits per heavy atom. The van der Waals surface area contributed by atoms with Crippen LogP contribution in [0.1, 0.15) is 58.8 Å². The third-order valence-electron chi connectivity index (χ3n) is 5.68. The number of hydrogen-bond donors (Lipinski definition) is 2. The minimum Gasteiger partial charge on any atom is -0.353 e. The molecule has 9 heteroatoms. The van der Waals surface area contributed by atoms with Gasteiger partial charge in [-0.2, -0.15) is 4.31 Å². The van der Waals surface area contributed by atoms with E-state index in [9.17, 15) is 18.0 Å². The zero-order valence-electron chi connectivity index (χ0n) is 20.5. The number of nitrogens with one attached hydrogen (secondary N) is 2. The molecule has 1 aromatic carbocycles. The first-order chi connectivity index (χ1) is 15.0. The number of rotatable bonds is 13. The van der Waals surface area contributed by atoms with E-state index in [1.165, 1.54) is 16.4 Å². The van der Waals surface area contributed by atoms with Gasteiger partial charge in [0.25, 0.3) is 5.91 Å². The van der Waals surface area contributed by atoms with Crippen molar-refractivity contribution in [3.63, 3.8) is 0 Å². The van der Waals surface area contributed by atoms with Crippen LogP contribution in [-0.4, -0.2) is 74.2 Å². The van der Waals surface area contributed by atoms with Gasteiger partial charge < -0.3 is 10.6 Å². The van der Waals surface area contributed by atoms with Gasteiger partial charge in [0.1, 0.15) is 6.04 Å². The molecule has 32 heavy (non-hydrogen) atoms. The molecule has 0 radical (unpaired) electrons. The summed E-state index contributed by atoms with van der Waals surface area (Å²) < 4.78 is 26.9. The molecule has 0 aliphatic rings. The van der Waals surface area contributed by atoms with Gasteiger partial charge in [-0.1, -0.05) is 47.6 Å². The molecule has 2 N–H and O–H groups in total. The molecule has 0 aromatic heterocycles. The van der Waals surface area contributed by atoms with Gasteiger partial charge in [0, 0.05) is 31.2 Å². The highest BCUT2D eigenvalue weighted by atomic mass is 32.2. The topological polar surface area (TPSA) is 98.8 Å². The molecule has 1 aromatic rings. The van der Waals surface area contributed by atoms with Gasteiger partial charge >= 0.3 is 0 Å². The number of likely N-dealkylation sites (N-methyl/N-ethyl adjacent to an activating group) is 1. The summed E-state index contributed by atoms with van der Waals surface area (Å²) in [6, 6.07) is 5.39. The SMILES string of the molecule is CCN(CC)C(C)CNC(=O)C(NC(=O)c1cccc(S(=O)(=O)N(CC)CC)c1)C(C)C. The average Bonchev–Trinajstić information content (AvgIpc) is 2.77. The lowest BCUT2D eigenvalue weighted by Crippen LogP contribution is -2.52. The van der Waals surface area contributed by atoms with Crippen molar-refractivity contribution >= 4 is 21.8 Å². The Balaban J connectivity index is 2.97. The molecule has 0 saturated heterocycles. The molecule has 1 rings (SSSR count). The van der Waals surface area contributed by atoms with E-state index < -0.39 is 22.0 Å². The van der Waals surface area contributed by atoms with Crippen molar-refractivity contribution in [1.82, 2.24) is 19.8 Å². The van der Waals surface area contributed by atoms with E-state index in [0.29, 0.717) is 19.6 Å². The highest BCUT2D eigenvalue weighted by Gasteiger charge is 2.27. The summed E-state index contributed by atoms with van der Waals surface area (Å²) >= 11 is 0. The second-order valence-electron chi connectivity index (χ2n) is 8.13. The highest BCUT2D eigenvalue weighted by molar-refractivity contribution is 7.89. The number of carbonyl (C=O) groups is 2. The molecule has 0 heterocycles. The first-order valence-corrected chi connectivity index (χ1v) is 12.9. The molecular weight excluding hydrogens is 428 g/mol. The smallest absolute Gasteiger partial charge is 0.251 e. The average molecular weight is 469 g/mol. The lowest BCUT2D eigenvalue weighted by molar-refractivity contribution is -0.124. The minimum atomic E-state index is -3.68. The van der Waals surface area contributed by atoms with Gasteiger partial charge in [-0.25, -0.2) is 8.42 Å². The quantitative estimate of drug-likeness (QED) is 0.463. The molecule has 2 amide bonds. The van der Waals surface area contributed by atoms with Crippen LogP contribution in [0.25, 0.3) is 0 Å². The van der Waals surface area contributed by atoms with E-state index in [0.717, 1.165) is 13.1 Å². The van der Waals surface area contributed by atoms with E-state index >= 15 is 0 Å². The number of carbonyl (C=O) groups excluding carboxylic acids is 2. The summed E-state index contributed by atoms with van der Waals surface area (Å²) in [5, 5.41) is 5.71. The molecule has 2 unspecified atom stereocenters. The summed E-state index contributed by atoms with van der Waals surface area (Å²) in [4.78, 5) is 28.0. The Bertz CT molecular complexity index is 849.